The quantitative estimate of drug-likeness (QED) is 0.225. The molecule has 10 nitrogen and oxygen atoms in total. The summed E-state index contributed by atoms with van der Waals surface area (Å²) in [6.45, 7) is 8.06. The Morgan fingerprint density at radius 3 is 2.15 bits per heavy atom. The van der Waals surface area contributed by atoms with Crippen LogP contribution >= 0.6 is 0 Å². The predicted molar refractivity (Wildman–Crippen MR) is 187 cm³/mol. The van der Waals surface area contributed by atoms with E-state index in [1.165, 1.54) is 0 Å². The van der Waals surface area contributed by atoms with Crippen LogP contribution in [0, 0.1) is 0 Å². The van der Waals surface area contributed by atoms with Crippen molar-refractivity contribution < 1.29 is 22.7 Å². The molecule has 252 valence electrons. The van der Waals surface area contributed by atoms with E-state index in [9.17, 15) is 18.0 Å². The molecule has 0 spiro atoms. The summed E-state index contributed by atoms with van der Waals surface area (Å²) in [6.07, 6.45) is 4.32. The fourth-order valence-corrected chi connectivity index (χ4v) is 7.40. The number of hydrogen-bond donors (Lipinski definition) is 2. The van der Waals surface area contributed by atoms with Crippen molar-refractivity contribution >= 4 is 27.5 Å². The Hall–Kier alpha value is -4.48. The van der Waals surface area contributed by atoms with Gasteiger partial charge < -0.3 is 15.0 Å². The second kappa shape index (κ2) is 13.9. The van der Waals surface area contributed by atoms with E-state index in [-0.39, 0.29) is 29.5 Å². The molecule has 2 fully saturated rings. The maximum absolute atomic E-state index is 12.9. The van der Waals surface area contributed by atoms with Gasteiger partial charge in [0.1, 0.15) is 11.4 Å². The second-order valence-electron chi connectivity index (χ2n) is 13.6. The molecule has 48 heavy (non-hydrogen) atoms. The van der Waals surface area contributed by atoms with Crippen LogP contribution in [-0.2, 0) is 21.1 Å². The molecule has 2 saturated heterocycles. The van der Waals surface area contributed by atoms with Gasteiger partial charge in [0.15, 0.2) is 9.84 Å². The van der Waals surface area contributed by atoms with Crippen LogP contribution in [0.1, 0.15) is 67.8 Å². The molecule has 0 bridgehead atoms. The SMILES string of the molecule is CC(C)(C)OC(=O)N1CCCCC1c1ncc(-c2ccc(-c3ccc(C(=O)Nc4ccc(CN5CCS(=O)(=O)CC5)cc4)cc3)cc2)[nH]1. The Morgan fingerprint density at radius 1 is 0.875 bits per heavy atom. The van der Waals surface area contributed by atoms with E-state index in [1.54, 1.807) is 4.90 Å². The lowest BCUT2D eigenvalue weighted by Gasteiger charge is -2.35. The third-order valence-corrected chi connectivity index (χ3v) is 10.4. The molecule has 11 heteroatoms. The highest BCUT2D eigenvalue weighted by atomic mass is 32.2. The third kappa shape index (κ3) is 8.32. The number of likely N-dealkylation sites (tertiary alicyclic amines) is 1. The minimum Gasteiger partial charge on any atom is -0.444 e. The molecule has 0 radical (unpaired) electrons. The molecule has 2 amide bonds. The minimum absolute atomic E-state index is 0.147. The van der Waals surface area contributed by atoms with Crippen LogP contribution in [0.4, 0.5) is 10.5 Å². The summed E-state index contributed by atoms with van der Waals surface area (Å²) in [7, 11) is -2.90. The summed E-state index contributed by atoms with van der Waals surface area (Å²) >= 11 is 0. The average molecular weight is 670 g/mol. The number of aromatic amines is 1. The predicted octanol–water partition coefficient (Wildman–Crippen LogP) is 6.69. The standard InChI is InChI=1S/C37H43N5O5S/c1-37(2,3)47-36(44)42-19-5-4-6-33(42)34-38-24-32(40-34)29-13-9-27(10-14-29)28-11-15-30(16-12-28)35(43)39-31-17-7-26(8-18-31)25-41-20-22-48(45,46)23-21-41/h7-18,24,33H,4-6,19-23,25H2,1-3H3,(H,38,40)(H,39,43). The highest BCUT2D eigenvalue weighted by Crippen LogP contribution is 2.32. The van der Waals surface area contributed by atoms with Crippen LogP contribution in [0.15, 0.2) is 79.0 Å². The van der Waals surface area contributed by atoms with Gasteiger partial charge in [-0.15, -0.1) is 0 Å². The Kier molecular flexibility index (Phi) is 9.70. The number of H-pyrrole nitrogens is 1. The van der Waals surface area contributed by atoms with Crippen LogP contribution in [-0.4, -0.2) is 76.9 Å². The number of carbonyl (C=O) groups is 2. The van der Waals surface area contributed by atoms with Crippen molar-refractivity contribution in [3.05, 3.63) is 95.9 Å². The van der Waals surface area contributed by atoms with E-state index in [2.05, 4.69) is 20.2 Å². The van der Waals surface area contributed by atoms with Crippen molar-refractivity contribution in [2.24, 2.45) is 0 Å². The summed E-state index contributed by atoms with van der Waals surface area (Å²) in [6, 6.07) is 23.2. The number of nitrogens with zero attached hydrogens (tertiary/aromatic N) is 3. The summed E-state index contributed by atoms with van der Waals surface area (Å²) in [5.41, 5.74) is 5.67. The van der Waals surface area contributed by atoms with E-state index < -0.39 is 15.4 Å². The van der Waals surface area contributed by atoms with E-state index >= 15 is 0 Å². The van der Waals surface area contributed by atoms with Gasteiger partial charge in [-0.1, -0.05) is 48.5 Å². The summed E-state index contributed by atoms with van der Waals surface area (Å²) in [5.74, 6) is 0.984. The molecule has 0 aliphatic carbocycles. The molecule has 2 aliphatic rings. The van der Waals surface area contributed by atoms with Crippen LogP contribution in [0.5, 0.6) is 0 Å². The van der Waals surface area contributed by atoms with Crippen molar-refractivity contribution in [3.63, 3.8) is 0 Å². The van der Waals surface area contributed by atoms with Gasteiger partial charge in [-0.25, -0.2) is 18.2 Å². The Bertz CT molecular complexity index is 1830. The lowest BCUT2D eigenvalue weighted by atomic mass is 10.0. The lowest BCUT2D eigenvalue weighted by molar-refractivity contribution is 0.00853. The summed E-state index contributed by atoms with van der Waals surface area (Å²) in [4.78, 5) is 37.9. The van der Waals surface area contributed by atoms with E-state index in [0.29, 0.717) is 37.4 Å². The first-order valence-corrected chi connectivity index (χ1v) is 18.3. The van der Waals surface area contributed by atoms with Crippen molar-refractivity contribution in [2.75, 3.05) is 36.5 Å². The summed E-state index contributed by atoms with van der Waals surface area (Å²) < 4.78 is 29.0. The topological polar surface area (TPSA) is 125 Å². The van der Waals surface area contributed by atoms with Gasteiger partial charge in [-0.2, -0.15) is 0 Å². The number of piperidine rings is 1. The number of amides is 2. The van der Waals surface area contributed by atoms with Gasteiger partial charge in [0, 0.05) is 37.4 Å². The van der Waals surface area contributed by atoms with Crippen LogP contribution in [0.2, 0.25) is 0 Å². The van der Waals surface area contributed by atoms with Gasteiger partial charge in [-0.3, -0.25) is 14.6 Å². The zero-order chi connectivity index (χ0) is 33.9. The lowest BCUT2D eigenvalue weighted by Crippen LogP contribution is -2.42. The number of benzene rings is 3. The van der Waals surface area contributed by atoms with E-state index in [4.69, 9.17) is 4.74 Å². The number of sulfone groups is 1. The van der Waals surface area contributed by atoms with Gasteiger partial charge in [0.2, 0.25) is 0 Å². The number of nitrogens with one attached hydrogen (secondary N) is 2. The number of ether oxygens (including phenoxy) is 1. The Labute approximate surface area is 282 Å². The fraction of sp³-hybridized carbons (Fsp3) is 0.378. The fourth-order valence-electron chi connectivity index (χ4n) is 6.13. The highest BCUT2D eigenvalue weighted by molar-refractivity contribution is 7.91. The number of aromatic nitrogens is 2. The van der Waals surface area contributed by atoms with Crippen molar-refractivity contribution in [3.8, 4) is 22.4 Å². The van der Waals surface area contributed by atoms with E-state index in [1.807, 2.05) is 99.8 Å². The first kappa shape index (κ1) is 33.4. The van der Waals surface area contributed by atoms with Gasteiger partial charge in [-0.05, 0) is 86.6 Å². The number of rotatable bonds is 7. The molecular weight excluding hydrogens is 627 g/mol. The minimum atomic E-state index is -2.90. The van der Waals surface area contributed by atoms with Crippen LogP contribution in [0.25, 0.3) is 22.4 Å². The maximum Gasteiger partial charge on any atom is 0.410 e. The molecule has 1 unspecified atom stereocenters. The number of imidazole rings is 1. The van der Waals surface area contributed by atoms with Crippen molar-refractivity contribution in [2.45, 2.75) is 58.2 Å². The van der Waals surface area contributed by atoms with Gasteiger partial charge in [0.25, 0.3) is 5.91 Å². The van der Waals surface area contributed by atoms with Gasteiger partial charge in [0.05, 0.1) is 29.4 Å². The smallest absolute Gasteiger partial charge is 0.410 e. The number of anilines is 1. The first-order valence-electron chi connectivity index (χ1n) is 16.5. The first-order chi connectivity index (χ1) is 22.9. The van der Waals surface area contributed by atoms with E-state index in [0.717, 1.165) is 53.0 Å². The number of carbonyl (C=O) groups excluding carboxylic acids is 2. The molecule has 3 heterocycles. The molecule has 1 aromatic heterocycles. The monoisotopic (exact) mass is 669 g/mol. The normalized spacial score (nSPS) is 18.3. The molecule has 2 N–H and O–H groups in total. The zero-order valence-corrected chi connectivity index (χ0v) is 28.6. The molecule has 1 atom stereocenters. The van der Waals surface area contributed by atoms with Crippen LogP contribution < -0.4 is 5.32 Å². The molecule has 0 saturated carbocycles. The van der Waals surface area contributed by atoms with Crippen LogP contribution in [0.3, 0.4) is 0 Å². The Morgan fingerprint density at radius 2 is 1.50 bits per heavy atom. The maximum atomic E-state index is 12.9. The van der Waals surface area contributed by atoms with Crippen molar-refractivity contribution in [1.82, 2.24) is 19.8 Å². The third-order valence-electron chi connectivity index (χ3n) is 8.77. The zero-order valence-electron chi connectivity index (χ0n) is 27.7. The average Bonchev–Trinajstić information content (AvgIpc) is 3.56. The molecule has 6 rings (SSSR count). The van der Waals surface area contributed by atoms with Crippen molar-refractivity contribution in [1.29, 1.82) is 0 Å². The summed E-state index contributed by atoms with van der Waals surface area (Å²) in [5, 5.41) is 2.96. The second-order valence-corrected chi connectivity index (χ2v) is 15.9. The molecule has 4 aromatic rings. The Balaban J connectivity index is 1.05. The highest BCUT2D eigenvalue weighted by Gasteiger charge is 2.33. The molecule has 2 aliphatic heterocycles. The molecular formula is C37H43N5O5S. The molecule has 3 aromatic carbocycles. The van der Waals surface area contributed by atoms with Gasteiger partial charge >= 0.3 is 6.09 Å². The largest absolute Gasteiger partial charge is 0.444 e. The number of hydrogen-bond acceptors (Lipinski definition) is 7.